The van der Waals surface area contributed by atoms with Gasteiger partial charge in [0, 0.05) is 24.9 Å². The predicted molar refractivity (Wildman–Crippen MR) is 70.5 cm³/mol. The number of aromatic amines is 1. The molecule has 4 heteroatoms. The maximum atomic E-state index is 11.3. The molecule has 3 rings (SSSR count). The molecule has 0 radical (unpaired) electrons. The number of hydrogen-bond acceptors (Lipinski definition) is 2. The van der Waals surface area contributed by atoms with E-state index in [0.29, 0.717) is 5.69 Å². The van der Waals surface area contributed by atoms with Gasteiger partial charge in [-0.1, -0.05) is 18.2 Å². The molecule has 0 aliphatic heterocycles. The molecule has 0 spiro atoms. The zero-order chi connectivity index (χ0) is 12.7. The second-order valence-corrected chi connectivity index (χ2v) is 4.36. The number of para-hydroxylation sites is 1. The Morgan fingerprint density at radius 1 is 1.28 bits per heavy atom. The molecule has 0 fully saturated rings. The van der Waals surface area contributed by atoms with Gasteiger partial charge in [0.2, 0.25) is 0 Å². The summed E-state index contributed by atoms with van der Waals surface area (Å²) in [5.41, 5.74) is 3.46. The van der Waals surface area contributed by atoms with Crippen LogP contribution in [-0.2, 0) is 7.05 Å². The van der Waals surface area contributed by atoms with Gasteiger partial charge in [0.15, 0.2) is 5.78 Å². The molecular weight excluding hydrogens is 226 g/mol. The van der Waals surface area contributed by atoms with Crippen molar-refractivity contribution >= 4 is 16.7 Å². The van der Waals surface area contributed by atoms with Crippen molar-refractivity contribution in [2.75, 3.05) is 0 Å². The van der Waals surface area contributed by atoms with Crippen molar-refractivity contribution in [3.8, 4) is 11.4 Å². The Labute approximate surface area is 104 Å². The number of aromatic nitrogens is 3. The molecule has 4 nitrogen and oxygen atoms in total. The Balaban J connectivity index is 2.16. The van der Waals surface area contributed by atoms with Gasteiger partial charge >= 0.3 is 0 Å². The van der Waals surface area contributed by atoms with Crippen LogP contribution in [0.4, 0.5) is 0 Å². The van der Waals surface area contributed by atoms with E-state index in [-0.39, 0.29) is 5.78 Å². The van der Waals surface area contributed by atoms with Gasteiger partial charge in [0.05, 0.1) is 11.4 Å². The number of aryl methyl sites for hydroxylation is 1. The van der Waals surface area contributed by atoms with Crippen LogP contribution in [0, 0.1) is 0 Å². The number of carbonyl (C=O) groups is 1. The average Bonchev–Trinajstić information content (AvgIpc) is 2.91. The molecular formula is C14H13N3O. The summed E-state index contributed by atoms with van der Waals surface area (Å²) in [4.78, 5) is 14.7. The fraction of sp³-hybridized carbons (Fsp3) is 0.143. The van der Waals surface area contributed by atoms with Gasteiger partial charge in [-0.15, -0.1) is 0 Å². The molecule has 0 amide bonds. The highest BCUT2D eigenvalue weighted by Crippen LogP contribution is 2.24. The highest BCUT2D eigenvalue weighted by molar-refractivity contribution is 5.93. The number of carbonyl (C=O) groups excluding carboxylic acids is 1. The molecule has 1 aromatic carbocycles. The molecule has 2 aromatic heterocycles. The monoisotopic (exact) mass is 239 g/mol. The molecule has 0 unspecified atom stereocenters. The minimum Gasteiger partial charge on any atom is -0.353 e. The Morgan fingerprint density at radius 3 is 2.72 bits per heavy atom. The molecule has 0 atom stereocenters. The second kappa shape index (κ2) is 3.84. The zero-order valence-corrected chi connectivity index (χ0v) is 10.3. The van der Waals surface area contributed by atoms with Crippen molar-refractivity contribution in [2.45, 2.75) is 6.92 Å². The fourth-order valence-corrected chi connectivity index (χ4v) is 2.10. The number of hydrogen-bond donors (Lipinski definition) is 1. The summed E-state index contributed by atoms with van der Waals surface area (Å²) in [7, 11) is 1.84. The van der Waals surface area contributed by atoms with Gasteiger partial charge in [-0.3, -0.25) is 9.48 Å². The van der Waals surface area contributed by atoms with Gasteiger partial charge in [0.1, 0.15) is 5.69 Å². The third-order valence-corrected chi connectivity index (χ3v) is 3.05. The molecule has 90 valence electrons. The molecule has 0 saturated heterocycles. The largest absolute Gasteiger partial charge is 0.353 e. The summed E-state index contributed by atoms with van der Waals surface area (Å²) in [6, 6.07) is 12.0. The van der Waals surface area contributed by atoms with Crippen molar-refractivity contribution in [2.24, 2.45) is 7.05 Å². The number of H-pyrrole nitrogens is 1. The topological polar surface area (TPSA) is 50.7 Å². The number of fused-ring (bicyclic) bond motifs is 1. The van der Waals surface area contributed by atoms with Gasteiger partial charge in [-0.2, -0.15) is 5.10 Å². The van der Waals surface area contributed by atoms with E-state index < -0.39 is 0 Å². The first-order valence-corrected chi connectivity index (χ1v) is 5.78. The Kier molecular flexibility index (Phi) is 2.30. The highest BCUT2D eigenvalue weighted by Gasteiger charge is 2.12. The maximum absolute atomic E-state index is 11.3. The number of ketones is 1. The maximum Gasteiger partial charge on any atom is 0.180 e. The molecule has 18 heavy (non-hydrogen) atoms. The molecule has 1 N–H and O–H groups in total. The SMILES string of the molecule is CC(=O)c1cc(-c2cc3ccccc3[nH]2)n(C)n1. The molecule has 0 aliphatic carbocycles. The van der Waals surface area contributed by atoms with Crippen molar-refractivity contribution in [3.05, 3.63) is 42.1 Å². The predicted octanol–water partition coefficient (Wildman–Crippen LogP) is 2.77. The van der Waals surface area contributed by atoms with Gasteiger partial charge in [0.25, 0.3) is 0 Å². The minimum atomic E-state index is -0.0204. The van der Waals surface area contributed by atoms with Crippen LogP contribution < -0.4 is 0 Å². The number of rotatable bonds is 2. The number of benzene rings is 1. The summed E-state index contributed by atoms with van der Waals surface area (Å²) in [5, 5.41) is 5.35. The van der Waals surface area contributed by atoms with Crippen molar-refractivity contribution < 1.29 is 4.79 Å². The van der Waals surface area contributed by atoms with Crippen molar-refractivity contribution in [1.82, 2.24) is 14.8 Å². The van der Waals surface area contributed by atoms with E-state index in [4.69, 9.17) is 0 Å². The molecule has 0 aliphatic rings. The molecule has 2 heterocycles. The smallest absolute Gasteiger partial charge is 0.180 e. The normalized spacial score (nSPS) is 11.0. The molecule has 0 bridgehead atoms. The number of nitrogens with zero attached hydrogens (tertiary/aromatic N) is 2. The van der Waals surface area contributed by atoms with Gasteiger partial charge in [-0.05, 0) is 18.2 Å². The van der Waals surface area contributed by atoms with E-state index in [1.54, 1.807) is 4.68 Å². The van der Waals surface area contributed by atoms with Crippen LogP contribution in [0.1, 0.15) is 17.4 Å². The lowest BCUT2D eigenvalue weighted by Gasteiger charge is -1.96. The van der Waals surface area contributed by atoms with Gasteiger partial charge in [-0.25, -0.2) is 0 Å². The van der Waals surface area contributed by atoms with Crippen LogP contribution in [0.5, 0.6) is 0 Å². The summed E-state index contributed by atoms with van der Waals surface area (Å²) in [6.07, 6.45) is 0. The van der Waals surface area contributed by atoms with Crippen LogP contribution in [-0.4, -0.2) is 20.5 Å². The zero-order valence-electron chi connectivity index (χ0n) is 10.3. The highest BCUT2D eigenvalue weighted by atomic mass is 16.1. The first-order valence-electron chi connectivity index (χ1n) is 5.78. The van der Waals surface area contributed by atoms with E-state index in [9.17, 15) is 4.79 Å². The summed E-state index contributed by atoms with van der Waals surface area (Å²) in [6.45, 7) is 1.53. The van der Waals surface area contributed by atoms with Crippen LogP contribution >= 0.6 is 0 Å². The van der Waals surface area contributed by atoms with Crippen LogP contribution in [0.15, 0.2) is 36.4 Å². The van der Waals surface area contributed by atoms with E-state index in [1.807, 2.05) is 31.3 Å². The van der Waals surface area contributed by atoms with Crippen molar-refractivity contribution in [3.63, 3.8) is 0 Å². The Bertz CT molecular complexity index is 703. The van der Waals surface area contributed by atoms with Crippen LogP contribution in [0.2, 0.25) is 0 Å². The quantitative estimate of drug-likeness (QED) is 0.699. The standard InChI is InChI=1S/C14H13N3O/c1-9(18)12-8-14(17(2)16-12)13-7-10-5-3-4-6-11(10)15-13/h3-8,15H,1-2H3. The summed E-state index contributed by atoms with van der Waals surface area (Å²) in [5.74, 6) is -0.0204. The Morgan fingerprint density at radius 2 is 2.06 bits per heavy atom. The lowest BCUT2D eigenvalue weighted by molar-refractivity contribution is 0.101. The van der Waals surface area contributed by atoms with E-state index in [0.717, 1.165) is 22.3 Å². The van der Waals surface area contributed by atoms with E-state index in [1.165, 1.54) is 6.92 Å². The number of nitrogens with one attached hydrogen (secondary N) is 1. The van der Waals surface area contributed by atoms with Crippen LogP contribution in [0.3, 0.4) is 0 Å². The first-order chi connectivity index (χ1) is 8.65. The van der Waals surface area contributed by atoms with Crippen molar-refractivity contribution in [1.29, 1.82) is 0 Å². The fourth-order valence-electron chi connectivity index (χ4n) is 2.10. The van der Waals surface area contributed by atoms with Crippen LogP contribution in [0.25, 0.3) is 22.3 Å². The summed E-state index contributed by atoms with van der Waals surface area (Å²) < 4.78 is 1.72. The van der Waals surface area contributed by atoms with E-state index >= 15 is 0 Å². The average molecular weight is 239 g/mol. The second-order valence-electron chi connectivity index (χ2n) is 4.36. The lowest BCUT2D eigenvalue weighted by atomic mass is 10.2. The van der Waals surface area contributed by atoms with Gasteiger partial charge < -0.3 is 4.98 Å². The Hall–Kier alpha value is -2.36. The summed E-state index contributed by atoms with van der Waals surface area (Å²) >= 11 is 0. The first kappa shape index (κ1) is 10.8. The molecule has 3 aromatic rings. The van der Waals surface area contributed by atoms with E-state index in [2.05, 4.69) is 22.2 Å². The third-order valence-electron chi connectivity index (χ3n) is 3.05. The lowest BCUT2D eigenvalue weighted by Crippen LogP contribution is -1.97. The molecule has 0 saturated carbocycles. The number of Topliss-reactive ketones (excluding diaryl/α,β-unsaturated/α-hetero) is 1. The third kappa shape index (κ3) is 1.62. The minimum absolute atomic E-state index is 0.0204.